The van der Waals surface area contributed by atoms with Crippen molar-refractivity contribution in [3.63, 3.8) is 0 Å². The summed E-state index contributed by atoms with van der Waals surface area (Å²) >= 11 is 3.74. The number of rotatable bonds is 2. The molecule has 1 fully saturated rings. The fraction of sp³-hybridized carbons (Fsp3) is 0.429. The summed E-state index contributed by atoms with van der Waals surface area (Å²) in [4.78, 5) is 3.54. The van der Waals surface area contributed by atoms with E-state index in [1.54, 1.807) is 7.11 Å². The second kappa shape index (κ2) is 4.59. The van der Waals surface area contributed by atoms with Crippen molar-refractivity contribution in [1.29, 1.82) is 0 Å². The van der Waals surface area contributed by atoms with Gasteiger partial charge in [-0.2, -0.15) is 0 Å². The summed E-state index contributed by atoms with van der Waals surface area (Å²) in [6.07, 6.45) is 1.19. The molecule has 1 aliphatic rings. The minimum absolute atomic E-state index is 0.566. The topological polar surface area (TPSA) is 37.0 Å². The number of aromatic amines is 1. The van der Waals surface area contributed by atoms with Gasteiger partial charge in [-0.25, -0.2) is 0 Å². The van der Waals surface area contributed by atoms with Crippen LogP contribution in [0.4, 0.5) is 0 Å². The van der Waals surface area contributed by atoms with Crippen LogP contribution < -0.4 is 10.1 Å². The number of aromatic nitrogens is 1. The van der Waals surface area contributed by atoms with Gasteiger partial charge in [-0.3, -0.25) is 0 Å². The number of methoxy groups -OCH3 is 1. The van der Waals surface area contributed by atoms with Gasteiger partial charge >= 0.3 is 0 Å². The summed E-state index contributed by atoms with van der Waals surface area (Å²) in [6, 6.07) is 4.27. The number of ether oxygens (including phenoxy) is 1. The van der Waals surface area contributed by atoms with E-state index >= 15 is 0 Å². The van der Waals surface area contributed by atoms with Crippen LogP contribution in [0.15, 0.2) is 16.6 Å². The van der Waals surface area contributed by atoms with E-state index in [0.717, 1.165) is 24.4 Å². The van der Waals surface area contributed by atoms with E-state index in [1.807, 2.05) is 0 Å². The minimum Gasteiger partial charge on any atom is -0.495 e. The Morgan fingerprint density at radius 3 is 2.89 bits per heavy atom. The number of fused-ring (bicyclic) bond motifs is 1. The highest BCUT2D eigenvalue weighted by Gasteiger charge is 2.23. The van der Waals surface area contributed by atoms with Crippen LogP contribution in [-0.2, 0) is 0 Å². The maximum absolute atomic E-state index is 5.47. The van der Waals surface area contributed by atoms with Crippen molar-refractivity contribution in [1.82, 2.24) is 10.3 Å². The lowest BCUT2D eigenvalue weighted by Gasteiger charge is -2.06. The average molecular weight is 309 g/mol. The molecule has 1 unspecified atom stereocenters. The van der Waals surface area contributed by atoms with Gasteiger partial charge in [0.1, 0.15) is 5.75 Å². The van der Waals surface area contributed by atoms with Crippen LogP contribution in [0.3, 0.4) is 0 Å². The van der Waals surface area contributed by atoms with Crippen LogP contribution in [0.25, 0.3) is 10.9 Å². The second-order valence-electron chi connectivity index (χ2n) is 4.93. The first-order valence-electron chi connectivity index (χ1n) is 6.27. The van der Waals surface area contributed by atoms with E-state index in [1.165, 1.54) is 27.5 Å². The predicted molar refractivity (Wildman–Crippen MR) is 77.5 cm³/mol. The molecule has 3 nitrogen and oxygen atoms in total. The van der Waals surface area contributed by atoms with Gasteiger partial charge in [0.25, 0.3) is 0 Å². The third-order valence-electron chi connectivity index (χ3n) is 3.67. The summed E-state index contributed by atoms with van der Waals surface area (Å²) < 4.78 is 6.66. The van der Waals surface area contributed by atoms with Gasteiger partial charge in [-0.15, -0.1) is 0 Å². The molecule has 0 bridgehead atoms. The number of halogens is 1. The number of hydrogen-bond donors (Lipinski definition) is 2. The third kappa shape index (κ3) is 1.84. The number of nitrogens with one attached hydrogen (secondary N) is 2. The molecule has 0 saturated carbocycles. The molecule has 96 valence electrons. The molecule has 2 aromatic rings. The zero-order valence-electron chi connectivity index (χ0n) is 10.6. The fourth-order valence-corrected chi connectivity index (χ4v) is 3.47. The van der Waals surface area contributed by atoms with Crippen LogP contribution in [0, 0.1) is 6.92 Å². The molecular formula is C14H17BrN2O. The monoisotopic (exact) mass is 308 g/mol. The molecule has 1 aromatic carbocycles. The fourth-order valence-electron chi connectivity index (χ4n) is 2.73. The SMILES string of the molecule is COc1cc(C)cc2c(Br)c(C3CCNC3)[nH]c12. The molecule has 4 heteroatoms. The van der Waals surface area contributed by atoms with Gasteiger partial charge < -0.3 is 15.0 Å². The Hall–Kier alpha value is -1.00. The first kappa shape index (κ1) is 12.1. The van der Waals surface area contributed by atoms with Crippen LogP contribution >= 0.6 is 15.9 Å². The van der Waals surface area contributed by atoms with Gasteiger partial charge in [-0.1, -0.05) is 0 Å². The van der Waals surface area contributed by atoms with E-state index in [-0.39, 0.29) is 0 Å². The Kier molecular flexibility index (Phi) is 3.08. The summed E-state index contributed by atoms with van der Waals surface area (Å²) in [6.45, 7) is 4.24. The summed E-state index contributed by atoms with van der Waals surface area (Å²) in [5.74, 6) is 1.49. The van der Waals surface area contributed by atoms with Gasteiger partial charge in [0, 0.05) is 28.0 Å². The Morgan fingerprint density at radius 1 is 1.39 bits per heavy atom. The largest absolute Gasteiger partial charge is 0.495 e. The van der Waals surface area contributed by atoms with E-state index < -0.39 is 0 Å². The molecular weight excluding hydrogens is 292 g/mol. The molecule has 2 N–H and O–H groups in total. The van der Waals surface area contributed by atoms with Crippen molar-refractivity contribution in [2.24, 2.45) is 0 Å². The Morgan fingerprint density at radius 2 is 2.22 bits per heavy atom. The van der Waals surface area contributed by atoms with Gasteiger partial charge in [0.15, 0.2) is 0 Å². The average Bonchev–Trinajstić information content (AvgIpc) is 2.97. The lowest BCUT2D eigenvalue weighted by molar-refractivity contribution is 0.418. The Balaban J connectivity index is 2.20. The molecule has 0 radical (unpaired) electrons. The molecule has 0 aliphatic carbocycles. The predicted octanol–water partition coefficient (Wildman–Crippen LogP) is 3.32. The lowest BCUT2D eigenvalue weighted by atomic mass is 10.0. The maximum atomic E-state index is 5.47. The van der Waals surface area contributed by atoms with Crippen LogP contribution in [-0.4, -0.2) is 25.2 Å². The van der Waals surface area contributed by atoms with E-state index in [2.05, 4.69) is 45.3 Å². The van der Waals surface area contributed by atoms with Crippen LogP contribution in [0.2, 0.25) is 0 Å². The quantitative estimate of drug-likeness (QED) is 0.893. The summed E-state index contributed by atoms with van der Waals surface area (Å²) in [5.41, 5.74) is 3.60. The summed E-state index contributed by atoms with van der Waals surface area (Å²) in [5, 5.41) is 4.63. The standard InChI is InChI=1S/C14H17BrN2O/c1-8-5-10-12(15)13(9-3-4-16-7-9)17-14(10)11(6-8)18-2/h5-6,9,16-17H,3-4,7H2,1-2H3. The molecule has 1 aliphatic heterocycles. The van der Waals surface area contributed by atoms with Crippen molar-refractivity contribution in [2.45, 2.75) is 19.3 Å². The zero-order valence-corrected chi connectivity index (χ0v) is 12.2. The smallest absolute Gasteiger partial charge is 0.143 e. The van der Waals surface area contributed by atoms with Crippen LogP contribution in [0.5, 0.6) is 5.75 Å². The minimum atomic E-state index is 0.566. The first-order chi connectivity index (χ1) is 8.70. The van der Waals surface area contributed by atoms with Crippen LogP contribution in [0.1, 0.15) is 23.6 Å². The highest BCUT2D eigenvalue weighted by atomic mass is 79.9. The van der Waals surface area contributed by atoms with Crippen molar-refractivity contribution >= 4 is 26.8 Å². The molecule has 0 amide bonds. The number of hydrogen-bond acceptors (Lipinski definition) is 2. The molecule has 3 rings (SSSR count). The lowest BCUT2D eigenvalue weighted by Crippen LogP contribution is -2.08. The van der Waals surface area contributed by atoms with Crippen molar-refractivity contribution < 1.29 is 4.74 Å². The zero-order chi connectivity index (χ0) is 12.7. The van der Waals surface area contributed by atoms with Crippen molar-refractivity contribution in [2.75, 3.05) is 20.2 Å². The molecule has 1 saturated heterocycles. The van der Waals surface area contributed by atoms with E-state index in [0.29, 0.717) is 5.92 Å². The number of benzene rings is 1. The molecule has 1 atom stereocenters. The highest BCUT2D eigenvalue weighted by Crippen LogP contribution is 2.38. The number of H-pyrrole nitrogens is 1. The van der Waals surface area contributed by atoms with Gasteiger partial charge in [-0.05, 0) is 53.5 Å². The normalized spacial score (nSPS) is 19.6. The summed E-state index contributed by atoms with van der Waals surface area (Å²) in [7, 11) is 1.72. The Bertz CT molecular complexity index is 585. The molecule has 2 heterocycles. The second-order valence-corrected chi connectivity index (χ2v) is 5.73. The van der Waals surface area contributed by atoms with Gasteiger partial charge in [0.05, 0.1) is 12.6 Å². The van der Waals surface area contributed by atoms with E-state index in [4.69, 9.17) is 4.74 Å². The van der Waals surface area contributed by atoms with Gasteiger partial charge in [0.2, 0.25) is 0 Å². The van der Waals surface area contributed by atoms with Crippen molar-refractivity contribution in [3.05, 3.63) is 27.9 Å². The van der Waals surface area contributed by atoms with E-state index in [9.17, 15) is 0 Å². The van der Waals surface area contributed by atoms with Crippen molar-refractivity contribution in [3.8, 4) is 5.75 Å². The molecule has 1 aromatic heterocycles. The highest BCUT2D eigenvalue weighted by molar-refractivity contribution is 9.10. The molecule has 18 heavy (non-hydrogen) atoms. The number of aryl methyl sites for hydroxylation is 1. The Labute approximate surface area is 115 Å². The molecule has 0 spiro atoms. The third-order valence-corrected chi connectivity index (χ3v) is 4.52. The first-order valence-corrected chi connectivity index (χ1v) is 7.06. The maximum Gasteiger partial charge on any atom is 0.143 e.